The van der Waals surface area contributed by atoms with Crippen molar-refractivity contribution in [2.45, 2.75) is 23.8 Å². The van der Waals surface area contributed by atoms with Crippen molar-refractivity contribution in [1.29, 1.82) is 0 Å². The number of thioether (sulfide) groups is 1. The molecule has 88 valence electrons. The zero-order valence-corrected chi connectivity index (χ0v) is 12.9. The van der Waals surface area contributed by atoms with Crippen LogP contribution in [0.4, 0.5) is 0 Å². The first-order chi connectivity index (χ1) is 7.95. The van der Waals surface area contributed by atoms with Gasteiger partial charge in [0.05, 0.1) is 20.6 Å². The number of hydrogen-bond donors (Lipinski definition) is 0. The third-order valence-electron chi connectivity index (χ3n) is 1.40. The monoisotopic (exact) mass is 318 g/mol. The van der Waals surface area contributed by atoms with Crippen LogP contribution in [0.3, 0.4) is 0 Å². The van der Waals surface area contributed by atoms with E-state index < -0.39 is 9.99 Å². The second-order valence-electron chi connectivity index (χ2n) is 2.78. The van der Waals surface area contributed by atoms with Crippen LogP contribution in [-0.4, -0.2) is 30.6 Å². The topological polar surface area (TPSA) is 49.4 Å². The standard InChI is InChI=1S/C8H6N4S5/c1-7(9-3-13,10-4-14)17-8(2,11-5-15)12-6-16/h1-2H3. The van der Waals surface area contributed by atoms with Crippen LogP contribution in [0.1, 0.15) is 13.8 Å². The molecule has 0 N–H and O–H groups in total. The summed E-state index contributed by atoms with van der Waals surface area (Å²) in [5, 5.41) is 8.92. The molecule has 0 aliphatic rings. The third-order valence-corrected chi connectivity index (χ3v) is 2.90. The zero-order valence-electron chi connectivity index (χ0n) is 8.83. The Morgan fingerprint density at radius 2 is 0.941 bits per heavy atom. The molecule has 0 heterocycles. The summed E-state index contributed by atoms with van der Waals surface area (Å²) in [6.45, 7) is 3.32. The highest BCUT2D eigenvalue weighted by molar-refractivity contribution is 8.02. The minimum absolute atomic E-state index is 1.04. The minimum Gasteiger partial charge on any atom is -0.190 e. The summed E-state index contributed by atoms with van der Waals surface area (Å²) in [7, 11) is 0. The van der Waals surface area contributed by atoms with Gasteiger partial charge in [0, 0.05) is 0 Å². The number of isothiocyanates is 4. The van der Waals surface area contributed by atoms with Crippen molar-refractivity contribution in [2.24, 2.45) is 20.0 Å². The summed E-state index contributed by atoms with van der Waals surface area (Å²) in [6, 6.07) is 0. The molecule has 0 radical (unpaired) electrons. The fourth-order valence-electron chi connectivity index (χ4n) is 0.846. The van der Waals surface area contributed by atoms with Crippen LogP contribution in [0.15, 0.2) is 20.0 Å². The van der Waals surface area contributed by atoms with E-state index in [0.29, 0.717) is 0 Å². The van der Waals surface area contributed by atoms with Crippen LogP contribution in [0.2, 0.25) is 0 Å². The summed E-state index contributed by atoms with van der Waals surface area (Å²) in [5.41, 5.74) is 0. The maximum Gasteiger partial charge on any atom is 0.217 e. The predicted octanol–water partition coefficient (Wildman–Crippen LogP) is 3.48. The van der Waals surface area contributed by atoms with Gasteiger partial charge in [-0.15, -0.1) is 0 Å². The lowest BCUT2D eigenvalue weighted by Gasteiger charge is -2.24. The molecule has 0 saturated carbocycles. The lowest BCUT2D eigenvalue weighted by atomic mass is 10.6. The van der Waals surface area contributed by atoms with E-state index in [9.17, 15) is 0 Å². The van der Waals surface area contributed by atoms with Gasteiger partial charge in [0.15, 0.2) is 0 Å². The molecule has 0 aromatic heterocycles. The van der Waals surface area contributed by atoms with Crippen LogP contribution in [0, 0.1) is 0 Å². The molecule has 0 aromatic rings. The molecule has 17 heavy (non-hydrogen) atoms. The molecule has 0 aliphatic carbocycles. The largest absolute Gasteiger partial charge is 0.217 e. The molecule has 0 rings (SSSR count). The van der Waals surface area contributed by atoms with E-state index in [0.717, 1.165) is 11.8 Å². The Bertz CT molecular complexity index is 396. The molecular formula is C8H6N4S5. The molecule has 0 amide bonds. The minimum atomic E-state index is -1.04. The highest BCUT2D eigenvalue weighted by atomic mass is 32.2. The summed E-state index contributed by atoms with van der Waals surface area (Å²) >= 11 is 19.3. The number of rotatable bonds is 6. The van der Waals surface area contributed by atoms with Crippen molar-refractivity contribution >= 4 is 81.3 Å². The smallest absolute Gasteiger partial charge is 0.190 e. The van der Waals surface area contributed by atoms with E-state index >= 15 is 0 Å². The van der Waals surface area contributed by atoms with Gasteiger partial charge in [0.1, 0.15) is 0 Å². The summed E-state index contributed by atoms with van der Waals surface area (Å²) in [4.78, 5) is 13.5. The predicted molar refractivity (Wildman–Crippen MR) is 84.5 cm³/mol. The zero-order chi connectivity index (χ0) is 13.4. The Kier molecular flexibility index (Phi) is 7.59. The van der Waals surface area contributed by atoms with E-state index in [1.54, 1.807) is 13.8 Å². The SMILES string of the molecule is CC(N=C=S)(N=C=S)SC(C)(N=C=S)N=C=S. The first kappa shape index (κ1) is 16.6. The van der Waals surface area contributed by atoms with E-state index in [1.807, 2.05) is 0 Å². The van der Waals surface area contributed by atoms with Crippen LogP contribution >= 0.6 is 60.6 Å². The van der Waals surface area contributed by atoms with Gasteiger partial charge >= 0.3 is 0 Å². The molecule has 4 nitrogen and oxygen atoms in total. The molecular weight excluding hydrogens is 312 g/mol. The van der Waals surface area contributed by atoms with Crippen molar-refractivity contribution in [3.05, 3.63) is 0 Å². The Labute approximate surface area is 124 Å². The molecule has 0 saturated heterocycles. The van der Waals surface area contributed by atoms with Crippen molar-refractivity contribution in [1.82, 2.24) is 0 Å². The molecule has 0 unspecified atom stereocenters. The Hall–Kier alpha value is -0.450. The third kappa shape index (κ3) is 6.15. The van der Waals surface area contributed by atoms with E-state index in [1.165, 1.54) is 0 Å². The maximum absolute atomic E-state index is 4.55. The molecule has 0 aliphatic heterocycles. The molecule has 0 fully saturated rings. The van der Waals surface area contributed by atoms with Crippen LogP contribution < -0.4 is 0 Å². The molecule has 0 aromatic carbocycles. The van der Waals surface area contributed by atoms with Gasteiger partial charge in [0.2, 0.25) is 9.99 Å². The van der Waals surface area contributed by atoms with Crippen molar-refractivity contribution in [3.8, 4) is 0 Å². The highest BCUT2D eigenvalue weighted by Crippen LogP contribution is 2.40. The quantitative estimate of drug-likeness (QED) is 0.554. The average Bonchev–Trinajstić information content (AvgIpc) is 2.17. The van der Waals surface area contributed by atoms with Gasteiger partial charge in [0.25, 0.3) is 0 Å². The number of hydrogen-bond acceptors (Lipinski definition) is 9. The van der Waals surface area contributed by atoms with Gasteiger partial charge in [-0.05, 0) is 62.7 Å². The van der Waals surface area contributed by atoms with Crippen LogP contribution in [-0.2, 0) is 0 Å². The van der Waals surface area contributed by atoms with E-state index in [4.69, 9.17) is 0 Å². The molecule has 0 bridgehead atoms. The second-order valence-corrected chi connectivity index (χ2v) is 5.26. The number of thiocarbonyl (C=S) groups is 4. The van der Waals surface area contributed by atoms with Crippen LogP contribution in [0.5, 0.6) is 0 Å². The van der Waals surface area contributed by atoms with Gasteiger partial charge in [-0.25, -0.2) is 0 Å². The first-order valence-corrected chi connectivity index (χ1v) is 6.46. The molecule has 9 heteroatoms. The number of aliphatic imine (C=N–C) groups is 4. The summed E-state index contributed by atoms with van der Waals surface area (Å²) in [6.07, 6.45) is 0. The fourth-order valence-corrected chi connectivity index (χ4v) is 2.89. The molecule has 0 spiro atoms. The van der Waals surface area contributed by atoms with Gasteiger partial charge in [-0.2, -0.15) is 20.0 Å². The van der Waals surface area contributed by atoms with Crippen molar-refractivity contribution in [3.63, 3.8) is 0 Å². The Morgan fingerprint density at radius 1 is 0.706 bits per heavy atom. The summed E-state index contributed by atoms with van der Waals surface area (Å²) in [5.74, 6) is 0. The van der Waals surface area contributed by atoms with Gasteiger partial charge in [-0.1, -0.05) is 11.8 Å². The molecule has 0 atom stereocenters. The number of nitrogens with zero attached hydrogens (tertiary/aromatic N) is 4. The Balaban J connectivity index is 5.48. The summed E-state index contributed by atoms with van der Waals surface area (Å²) < 4.78 is 0. The van der Waals surface area contributed by atoms with Crippen molar-refractivity contribution < 1.29 is 0 Å². The average molecular weight is 318 g/mol. The fraction of sp³-hybridized carbons (Fsp3) is 0.500. The van der Waals surface area contributed by atoms with E-state index in [-0.39, 0.29) is 0 Å². The Morgan fingerprint density at radius 3 is 1.12 bits per heavy atom. The van der Waals surface area contributed by atoms with Crippen LogP contribution in [0.25, 0.3) is 0 Å². The van der Waals surface area contributed by atoms with Gasteiger partial charge in [-0.3, -0.25) is 0 Å². The lowest BCUT2D eigenvalue weighted by Crippen LogP contribution is -2.24. The highest BCUT2D eigenvalue weighted by Gasteiger charge is 2.35. The van der Waals surface area contributed by atoms with Gasteiger partial charge < -0.3 is 0 Å². The second kappa shape index (κ2) is 7.80. The van der Waals surface area contributed by atoms with E-state index in [2.05, 4.69) is 89.5 Å². The lowest BCUT2D eigenvalue weighted by molar-refractivity contribution is 0.675. The maximum atomic E-state index is 4.55. The normalized spacial score (nSPS) is 15.6. The van der Waals surface area contributed by atoms with Crippen molar-refractivity contribution in [2.75, 3.05) is 0 Å². The first-order valence-electron chi connectivity index (χ1n) is 4.01.